The van der Waals surface area contributed by atoms with Crippen molar-refractivity contribution in [1.29, 1.82) is 0 Å². The van der Waals surface area contributed by atoms with Crippen molar-refractivity contribution in [2.24, 2.45) is 0 Å². The zero-order valence-corrected chi connectivity index (χ0v) is 15.6. The quantitative estimate of drug-likeness (QED) is 0.677. The molecule has 2 aromatic heterocycles. The van der Waals surface area contributed by atoms with Gasteiger partial charge in [0.05, 0.1) is 11.1 Å². The molecule has 0 aliphatic heterocycles. The Morgan fingerprint density at radius 1 is 1.11 bits per heavy atom. The second-order valence-corrected chi connectivity index (χ2v) is 6.64. The van der Waals surface area contributed by atoms with E-state index >= 15 is 0 Å². The van der Waals surface area contributed by atoms with Crippen molar-refractivity contribution in [3.05, 3.63) is 70.4 Å². The second kappa shape index (κ2) is 8.55. The summed E-state index contributed by atoms with van der Waals surface area (Å²) >= 11 is 0. The first-order chi connectivity index (χ1) is 13.0. The minimum Gasteiger partial charge on any atom is -0.353 e. The van der Waals surface area contributed by atoms with E-state index in [0.29, 0.717) is 18.4 Å². The Bertz CT molecular complexity index is 983. The highest BCUT2D eigenvalue weighted by atomic mass is 16.2. The molecule has 0 unspecified atom stereocenters. The normalized spacial score (nSPS) is 11.1. The molecule has 0 aliphatic rings. The van der Waals surface area contributed by atoms with E-state index in [1.807, 2.05) is 49.3 Å². The van der Waals surface area contributed by atoms with Gasteiger partial charge in [-0.2, -0.15) is 5.10 Å². The van der Waals surface area contributed by atoms with E-state index < -0.39 is 0 Å². The third-order valence-corrected chi connectivity index (χ3v) is 4.24. The minimum atomic E-state index is -0.258. The predicted octanol–water partition coefficient (Wildman–Crippen LogP) is 1.06. The zero-order valence-electron chi connectivity index (χ0n) is 15.6. The highest BCUT2D eigenvalue weighted by Crippen LogP contribution is 2.16. The maximum absolute atomic E-state index is 12.8. The summed E-state index contributed by atoms with van der Waals surface area (Å²) in [5.41, 5.74) is 1.55. The fourth-order valence-corrected chi connectivity index (χ4v) is 2.85. The Morgan fingerprint density at radius 2 is 1.81 bits per heavy atom. The molecule has 140 valence electrons. The van der Waals surface area contributed by atoms with Gasteiger partial charge in [-0.25, -0.2) is 4.68 Å². The summed E-state index contributed by atoms with van der Waals surface area (Å²) in [4.78, 5) is 31.0. The van der Waals surface area contributed by atoms with Gasteiger partial charge in [0.15, 0.2) is 0 Å². The Hall–Kier alpha value is -3.06. The Morgan fingerprint density at radius 3 is 2.52 bits per heavy atom. The number of nitrogens with one attached hydrogen (secondary N) is 1. The molecular weight excluding hydrogens is 342 g/mol. The molecule has 27 heavy (non-hydrogen) atoms. The number of carbonyl (C=O) groups excluding carboxylic acids is 1. The van der Waals surface area contributed by atoms with Gasteiger partial charge in [0.25, 0.3) is 5.56 Å². The highest BCUT2D eigenvalue weighted by molar-refractivity contribution is 5.84. The molecule has 1 aromatic carbocycles. The lowest BCUT2D eigenvalue weighted by molar-refractivity contribution is -0.121. The van der Waals surface area contributed by atoms with Crippen LogP contribution in [0.1, 0.15) is 11.3 Å². The van der Waals surface area contributed by atoms with Gasteiger partial charge in [0.1, 0.15) is 6.54 Å². The molecule has 2 heterocycles. The minimum absolute atomic E-state index is 0.0968. The third-order valence-electron chi connectivity index (χ3n) is 4.24. The first kappa shape index (κ1) is 18.7. The fraction of sp³-hybridized carbons (Fsp3) is 0.300. The maximum Gasteiger partial charge on any atom is 0.275 e. The zero-order chi connectivity index (χ0) is 19.2. The Balaban J connectivity index is 1.90. The number of amides is 1. The largest absolute Gasteiger partial charge is 0.353 e. The molecule has 0 bridgehead atoms. The average Bonchev–Trinajstić information content (AvgIpc) is 2.66. The number of nitrogens with zero attached hydrogens (tertiary/aromatic N) is 4. The molecule has 0 aliphatic carbocycles. The van der Waals surface area contributed by atoms with Crippen LogP contribution in [0.25, 0.3) is 10.8 Å². The number of aromatic nitrogens is 3. The standard InChI is InChI=1S/C20H23N5O2/c1-24(2)12-11-22-19(26)14-25-20(27)17-6-4-3-5-16(17)18(23-25)13-15-7-9-21-10-8-15/h3-10H,11-14H2,1-2H3,(H,22,26). The Kier molecular flexibility index (Phi) is 5.93. The van der Waals surface area contributed by atoms with Crippen molar-refractivity contribution >= 4 is 16.7 Å². The lowest BCUT2D eigenvalue weighted by Crippen LogP contribution is -2.37. The summed E-state index contributed by atoms with van der Waals surface area (Å²) in [6.45, 7) is 1.16. The molecule has 3 rings (SSSR count). The number of carbonyl (C=O) groups is 1. The molecule has 1 amide bonds. The van der Waals surface area contributed by atoms with Gasteiger partial charge in [-0.3, -0.25) is 14.6 Å². The number of likely N-dealkylation sites (N-methyl/N-ethyl adjacent to an activating group) is 1. The van der Waals surface area contributed by atoms with Crippen molar-refractivity contribution in [2.45, 2.75) is 13.0 Å². The fourth-order valence-electron chi connectivity index (χ4n) is 2.85. The SMILES string of the molecule is CN(C)CCNC(=O)Cn1nc(Cc2ccncc2)c2ccccc2c1=O. The summed E-state index contributed by atoms with van der Waals surface area (Å²) in [5, 5.41) is 8.69. The molecule has 1 N–H and O–H groups in total. The van der Waals surface area contributed by atoms with Crippen LogP contribution in [0, 0.1) is 0 Å². The number of hydrogen-bond acceptors (Lipinski definition) is 5. The van der Waals surface area contributed by atoms with Crippen molar-refractivity contribution in [1.82, 2.24) is 25.0 Å². The molecular formula is C20H23N5O2. The predicted molar refractivity (Wildman–Crippen MR) is 105 cm³/mol. The number of benzene rings is 1. The molecule has 3 aromatic rings. The van der Waals surface area contributed by atoms with Crippen LogP contribution in [-0.4, -0.2) is 52.8 Å². The van der Waals surface area contributed by atoms with Gasteiger partial charge in [0.2, 0.25) is 5.91 Å². The lowest BCUT2D eigenvalue weighted by Gasteiger charge is -2.13. The van der Waals surface area contributed by atoms with Crippen molar-refractivity contribution in [3.8, 4) is 0 Å². The molecule has 7 nitrogen and oxygen atoms in total. The number of fused-ring (bicyclic) bond motifs is 1. The molecule has 0 saturated carbocycles. The van der Waals surface area contributed by atoms with Crippen LogP contribution in [0.15, 0.2) is 53.6 Å². The highest BCUT2D eigenvalue weighted by Gasteiger charge is 2.13. The van der Waals surface area contributed by atoms with Crippen LogP contribution in [0.2, 0.25) is 0 Å². The number of hydrogen-bond donors (Lipinski definition) is 1. The van der Waals surface area contributed by atoms with E-state index in [4.69, 9.17) is 0 Å². The van der Waals surface area contributed by atoms with E-state index in [2.05, 4.69) is 15.4 Å². The van der Waals surface area contributed by atoms with Crippen molar-refractivity contribution in [2.75, 3.05) is 27.2 Å². The summed E-state index contributed by atoms with van der Waals surface area (Å²) in [6.07, 6.45) is 4.02. The molecule has 7 heteroatoms. The van der Waals surface area contributed by atoms with Gasteiger partial charge in [-0.1, -0.05) is 18.2 Å². The first-order valence-corrected chi connectivity index (χ1v) is 8.83. The summed E-state index contributed by atoms with van der Waals surface area (Å²) in [5.74, 6) is -0.225. The molecule has 0 radical (unpaired) electrons. The maximum atomic E-state index is 12.8. The van der Waals surface area contributed by atoms with E-state index in [9.17, 15) is 9.59 Å². The molecule has 0 atom stereocenters. The van der Waals surface area contributed by atoms with Crippen LogP contribution in [0.5, 0.6) is 0 Å². The van der Waals surface area contributed by atoms with Crippen LogP contribution < -0.4 is 10.9 Å². The van der Waals surface area contributed by atoms with Gasteiger partial charge in [-0.15, -0.1) is 0 Å². The number of pyridine rings is 1. The van der Waals surface area contributed by atoms with Gasteiger partial charge in [0, 0.05) is 37.3 Å². The van der Waals surface area contributed by atoms with E-state index in [-0.39, 0.29) is 18.0 Å². The van der Waals surface area contributed by atoms with Gasteiger partial charge in [-0.05, 0) is 37.9 Å². The van der Waals surface area contributed by atoms with Crippen molar-refractivity contribution in [3.63, 3.8) is 0 Å². The van der Waals surface area contributed by atoms with Crippen LogP contribution in [0.4, 0.5) is 0 Å². The van der Waals surface area contributed by atoms with Crippen molar-refractivity contribution < 1.29 is 4.79 Å². The van der Waals surface area contributed by atoms with E-state index in [1.165, 1.54) is 4.68 Å². The summed E-state index contributed by atoms with van der Waals surface area (Å²) < 4.78 is 1.25. The van der Waals surface area contributed by atoms with E-state index in [1.54, 1.807) is 18.5 Å². The topological polar surface area (TPSA) is 80.1 Å². The summed E-state index contributed by atoms with van der Waals surface area (Å²) in [7, 11) is 3.87. The molecule has 0 spiro atoms. The average molecular weight is 365 g/mol. The van der Waals surface area contributed by atoms with Gasteiger partial charge < -0.3 is 10.2 Å². The van der Waals surface area contributed by atoms with Crippen LogP contribution in [0.3, 0.4) is 0 Å². The van der Waals surface area contributed by atoms with Crippen LogP contribution in [-0.2, 0) is 17.8 Å². The lowest BCUT2D eigenvalue weighted by atomic mass is 10.1. The number of rotatable bonds is 7. The molecule has 0 fully saturated rings. The third kappa shape index (κ3) is 4.77. The van der Waals surface area contributed by atoms with Gasteiger partial charge >= 0.3 is 0 Å². The Labute approximate surface area is 157 Å². The van der Waals surface area contributed by atoms with E-state index in [0.717, 1.165) is 23.2 Å². The molecule has 0 saturated heterocycles. The monoisotopic (exact) mass is 365 g/mol. The smallest absolute Gasteiger partial charge is 0.275 e. The first-order valence-electron chi connectivity index (χ1n) is 8.83. The van der Waals surface area contributed by atoms with Crippen LogP contribution >= 0.6 is 0 Å². The summed E-state index contributed by atoms with van der Waals surface area (Å²) in [6, 6.07) is 11.2. The second-order valence-electron chi connectivity index (χ2n) is 6.64.